The van der Waals surface area contributed by atoms with Gasteiger partial charge in [-0.2, -0.15) is 0 Å². The minimum Gasteiger partial charge on any atom is -0.444 e. The summed E-state index contributed by atoms with van der Waals surface area (Å²) in [4.78, 5) is 27.3. The fraction of sp³-hybridized carbons (Fsp3) is 0.556. The minimum absolute atomic E-state index is 0.517. The van der Waals surface area contributed by atoms with Crippen molar-refractivity contribution in [2.24, 2.45) is 0 Å². The highest BCUT2D eigenvalue weighted by molar-refractivity contribution is 5.75. The Labute approximate surface area is 143 Å². The van der Waals surface area contributed by atoms with Crippen LogP contribution in [0.25, 0.3) is 0 Å². The van der Waals surface area contributed by atoms with E-state index in [9.17, 15) is 9.59 Å². The molecule has 0 aliphatic carbocycles. The van der Waals surface area contributed by atoms with Crippen molar-refractivity contribution in [3.63, 3.8) is 0 Å². The molecule has 6 heteroatoms. The van der Waals surface area contributed by atoms with Crippen LogP contribution in [0.15, 0.2) is 24.3 Å². The lowest BCUT2D eigenvalue weighted by Crippen LogP contribution is -2.37. The van der Waals surface area contributed by atoms with Gasteiger partial charge < -0.3 is 19.2 Å². The van der Waals surface area contributed by atoms with Crippen molar-refractivity contribution in [3.8, 4) is 0 Å². The molecule has 1 fully saturated rings. The second kappa shape index (κ2) is 7.66. The number of carbonyl (C=O) groups is 2. The number of amides is 1. The van der Waals surface area contributed by atoms with E-state index in [-0.39, 0.29) is 0 Å². The monoisotopic (exact) mass is 334 g/mol. The smallest absolute Gasteiger partial charge is 0.410 e. The van der Waals surface area contributed by atoms with Gasteiger partial charge in [0.05, 0.1) is 13.2 Å². The third-order valence-corrected chi connectivity index (χ3v) is 3.84. The molecule has 2 rings (SSSR count). The van der Waals surface area contributed by atoms with Gasteiger partial charge in [0.25, 0.3) is 0 Å². The number of ether oxygens (including phenoxy) is 2. The van der Waals surface area contributed by atoms with Crippen molar-refractivity contribution >= 4 is 18.1 Å². The maximum Gasteiger partial charge on any atom is 0.410 e. The zero-order chi connectivity index (χ0) is 17.7. The fourth-order valence-corrected chi connectivity index (χ4v) is 2.54. The predicted molar refractivity (Wildman–Crippen MR) is 92.3 cm³/mol. The predicted octanol–water partition coefficient (Wildman–Crippen LogP) is 2.63. The van der Waals surface area contributed by atoms with E-state index in [1.165, 1.54) is 4.90 Å². The van der Waals surface area contributed by atoms with Gasteiger partial charge in [-0.3, -0.25) is 4.90 Å². The van der Waals surface area contributed by atoms with Gasteiger partial charge in [0, 0.05) is 25.8 Å². The van der Waals surface area contributed by atoms with E-state index in [2.05, 4.69) is 4.90 Å². The molecule has 24 heavy (non-hydrogen) atoms. The van der Waals surface area contributed by atoms with Crippen LogP contribution in [-0.2, 0) is 14.3 Å². The van der Waals surface area contributed by atoms with E-state index in [0.29, 0.717) is 0 Å². The van der Waals surface area contributed by atoms with E-state index in [0.717, 1.165) is 43.8 Å². The van der Waals surface area contributed by atoms with E-state index in [1.54, 1.807) is 27.8 Å². The number of benzene rings is 1. The Morgan fingerprint density at radius 3 is 2.33 bits per heavy atom. The Morgan fingerprint density at radius 2 is 1.83 bits per heavy atom. The summed E-state index contributed by atoms with van der Waals surface area (Å²) >= 11 is 0. The number of likely N-dealkylation sites (N-methyl/N-ethyl adjacent to an activating group) is 1. The summed E-state index contributed by atoms with van der Waals surface area (Å²) < 4.78 is 10.7. The molecule has 1 aliphatic rings. The van der Waals surface area contributed by atoms with E-state index < -0.39 is 17.7 Å². The summed E-state index contributed by atoms with van der Waals surface area (Å²) in [5.41, 5.74) is 1.25. The maximum absolute atomic E-state index is 12.2. The highest BCUT2D eigenvalue weighted by Crippen LogP contribution is 2.23. The summed E-state index contributed by atoms with van der Waals surface area (Å²) in [6.07, 6.45) is 0.241. The minimum atomic E-state index is -0.668. The van der Waals surface area contributed by atoms with Gasteiger partial charge >= 0.3 is 6.09 Å². The van der Waals surface area contributed by atoms with Crippen molar-refractivity contribution in [2.45, 2.75) is 32.4 Å². The molecule has 1 unspecified atom stereocenters. The highest BCUT2D eigenvalue weighted by Gasteiger charge is 2.26. The molecule has 1 amide bonds. The molecule has 0 saturated carbocycles. The SMILES string of the molecule is CN(C(=O)OC(C)(C)C)C(C=O)c1ccc(N2CCOCC2)cc1. The molecule has 1 heterocycles. The van der Waals surface area contributed by atoms with Crippen LogP contribution in [0.1, 0.15) is 32.4 Å². The quantitative estimate of drug-likeness (QED) is 0.792. The summed E-state index contributed by atoms with van der Waals surface area (Å²) in [7, 11) is 1.57. The molecule has 0 N–H and O–H groups in total. The Bertz CT molecular complexity index is 559. The number of nitrogens with zero attached hydrogens (tertiary/aromatic N) is 2. The van der Waals surface area contributed by atoms with Crippen molar-refractivity contribution in [3.05, 3.63) is 29.8 Å². The number of rotatable bonds is 4. The van der Waals surface area contributed by atoms with Crippen LogP contribution < -0.4 is 4.90 Å². The van der Waals surface area contributed by atoms with E-state index in [4.69, 9.17) is 9.47 Å². The summed E-state index contributed by atoms with van der Waals surface area (Å²) in [6.45, 7) is 8.55. The van der Waals surface area contributed by atoms with E-state index in [1.807, 2.05) is 24.3 Å². The van der Waals surface area contributed by atoms with Gasteiger partial charge in [-0.15, -0.1) is 0 Å². The standard InChI is InChI=1S/C18H26N2O4/c1-18(2,3)24-17(22)19(4)16(13-21)14-5-7-15(8-6-14)20-9-11-23-12-10-20/h5-8,13,16H,9-12H2,1-4H3. The second-order valence-corrected chi connectivity index (χ2v) is 6.86. The van der Waals surface area contributed by atoms with Crippen LogP contribution in [0, 0.1) is 0 Å². The normalized spacial score (nSPS) is 16.4. The lowest BCUT2D eigenvalue weighted by Gasteiger charge is -2.30. The summed E-state index contributed by atoms with van der Waals surface area (Å²) in [5, 5.41) is 0. The van der Waals surface area contributed by atoms with E-state index >= 15 is 0 Å². The third-order valence-electron chi connectivity index (χ3n) is 3.84. The van der Waals surface area contributed by atoms with Crippen LogP contribution in [0.5, 0.6) is 0 Å². The van der Waals surface area contributed by atoms with Crippen LogP contribution in [-0.4, -0.2) is 56.2 Å². The molecular formula is C18H26N2O4. The molecular weight excluding hydrogens is 308 g/mol. The number of anilines is 1. The first-order chi connectivity index (χ1) is 11.3. The van der Waals surface area contributed by atoms with Crippen LogP contribution in [0.3, 0.4) is 0 Å². The largest absolute Gasteiger partial charge is 0.444 e. The molecule has 1 saturated heterocycles. The molecule has 1 aromatic carbocycles. The fourth-order valence-electron chi connectivity index (χ4n) is 2.54. The molecule has 0 aromatic heterocycles. The molecule has 1 atom stereocenters. The van der Waals surface area contributed by atoms with Gasteiger partial charge in [-0.05, 0) is 38.5 Å². The van der Waals surface area contributed by atoms with Crippen molar-refractivity contribution < 1.29 is 19.1 Å². The third kappa shape index (κ3) is 4.71. The lowest BCUT2D eigenvalue weighted by molar-refractivity contribution is -0.112. The Morgan fingerprint density at radius 1 is 1.25 bits per heavy atom. The molecule has 0 spiro atoms. The van der Waals surface area contributed by atoms with Crippen LogP contribution in [0.4, 0.5) is 10.5 Å². The average Bonchev–Trinajstić information content (AvgIpc) is 2.55. The number of morpholine rings is 1. The Balaban J connectivity index is 2.09. The second-order valence-electron chi connectivity index (χ2n) is 6.86. The number of hydrogen-bond donors (Lipinski definition) is 0. The van der Waals surface area contributed by atoms with Gasteiger partial charge in [0.1, 0.15) is 17.9 Å². The zero-order valence-corrected chi connectivity index (χ0v) is 14.8. The van der Waals surface area contributed by atoms with Crippen molar-refractivity contribution in [1.29, 1.82) is 0 Å². The van der Waals surface area contributed by atoms with Crippen molar-refractivity contribution in [1.82, 2.24) is 4.90 Å². The van der Waals surface area contributed by atoms with Gasteiger partial charge in [-0.25, -0.2) is 4.79 Å². The zero-order valence-electron chi connectivity index (χ0n) is 14.8. The highest BCUT2D eigenvalue weighted by atomic mass is 16.6. The van der Waals surface area contributed by atoms with Crippen LogP contribution in [0.2, 0.25) is 0 Å². The molecule has 0 radical (unpaired) electrons. The Kier molecular flexibility index (Phi) is 5.83. The summed E-state index contributed by atoms with van der Waals surface area (Å²) in [6, 6.07) is 7.04. The van der Waals surface area contributed by atoms with Crippen LogP contribution >= 0.6 is 0 Å². The molecule has 132 valence electrons. The number of hydrogen-bond acceptors (Lipinski definition) is 5. The summed E-state index contributed by atoms with van der Waals surface area (Å²) in [5.74, 6) is 0. The topological polar surface area (TPSA) is 59.1 Å². The Hall–Kier alpha value is -2.08. The molecule has 6 nitrogen and oxygen atoms in total. The average molecular weight is 334 g/mol. The lowest BCUT2D eigenvalue weighted by atomic mass is 10.1. The van der Waals surface area contributed by atoms with Crippen molar-refractivity contribution in [2.75, 3.05) is 38.3 Å². The van der Waals surface area contributed by atoms with Gasteiger partial charge in [-0.1, -0.05) is 12.1 Å². The van der Waals surface area contributed by atoms with Gasteiger partial charge in [0.15, 0.2) is 0 Å². The first-order valence-electron chi connectivity index (χ1n) is 8.15. The molecule has 1 aliphatic heterocycles. The number of carbonyl (C=O) groups excluding carboxylic acids is 2. The first-order valence-corrected chi connectivity index (χ1v) is 8.15. The first kappa shape index (κ1) is 18.3. The molecule has 0 bridgehead atoms. The number of aldehydes is 1. The van der Waals surface area contributed by atoms with Gasteiger partial charge in [0.2, 0.25) is 0 Å². The molecule has 1 aromatic rings. The maximum atomic E-state index is 12.2.